The average Bonchev–Trinajstić information content (AvgIpc) is 3.26. The van der Waals surface area contributed by atoms with Crippen LogP contribution in [0.25, 0.3) is 10.9 Å². The first kappa shape index (κ1) is 21.8. The zero-order chi connectivity index (χ0) is 22.3. The van der Waals surface area contributed by atoms with E-state index in [0.717, 1.165) is 19.2 Å². The maximum Gasteiger partial charge on any atom is 0.257 e. The van der Waals surface area contributed by atoms with E-state index in [-0.39, 0.29) is 11.4 Å². The van der Waals surface area contributed by atoms with Gasteiger partial charge in [-0.3, -0.25) is 9.78 Å². The standard InChI is InChI=1S/C22H26F2N4O3S/c1-32-28-8-6-27(7-9-28)21(29)17-14-25-19-16(12-15(23)13-18(19)24)20(17)26-4-2-22(3-5-26)30-10-11-31-22/h12-14H,2-11H2,1H3. The summed E-state index contributed by atoms with van der Waals surface area (Å²) in [6.45, 7) is 4.98. The number of aromatic nitrogens is 1. The van der Waals surface area contributed by atoms with E-state index in [0.29, 0.717) is 68.9 Å². The minimum atomic E-state index is -0.732. The molecule has 0 unspecified atom stereocenters. The highest BCUT2D eigenvalue weighted by Gasteiger charge is 2.41. The van der Waals surface area contributed by atoms with Gasteiger partial charge in [0.25, 0.3) is 5.91 Å². The zero-order valence-corrected chi connectivity index (χ0v) is 18.8. The molecule has 172 valence electrons. The molecule has 32 heavy (non-hydrogen) atoms. The van der Waals surface area contributed by atoms with Crippen molar-refractivity contribution in [1.82, 2.24) is 14.2 Å². The maximum atomic E-state index is 14.5. The summed E-state index contributed by atoms with van der Waals surface area (Å²) in [6.07, 6.45) is 4.70. The number of hydrogen-bond acceptors (Lipinski definition) is 7. The van der Waals surface area contributed by atoms with E-state index >= 15 is 0 Å². The van der Waals surface area contributed by atoms with Gasteiger partial charge in [-0.2, -0.15) is 0 Å². The summed E-state index contributed by atoms with van der Waals surface area (Å²) in [6, 6.07) is 2.10. The summed E-state index contributed by atoms with van der Waals surface area (Å²) < 4.78 is 42.6. The Kier molecular flexibility index (Phi) is 5.96. The van der Waals surface area contributed by atoms with Gasteiger partial charge < -0.3 is 19.3 Å². The molecule has 7 nitrogen and oxygen atoms in total. The van der Waals surface area contributed by atoms with Crippen molar-refractivity contribution in [2.75, 3.05) is 63.6 Å². The number of rotatable bonds is 3. The number of pyridine rings is 1. The lowest BCUT2D eigenvalue weighted by Gasteiger charge is -2.40. The average molecular weight is 465 g/mol. The number of fused-ring (bicyclic) bond motifs is 1. The molecule has 10 heteroatoms. The number of hydrogen-bond donors (Lipinski definition) is 0. The molecule has 1 spiro atoms. The number of amides is 1. The molecule has 5 rings (SSSR count). The van der Waals surface area contributed by atoms with Crippen LogP contribution in [0.3, 0.4) is 0 Å². The Balaban J connectivity index is 1.52. The summed E-state index contributed by atoms with van der Waals surface area (Å²) in [5.74, 6) is -2.17. The van der Waals surface area contributed by atoms with Crippen molar-refractivity contribution >= 4 is 34.4 Å². The largest absolute Gasteiger partial charge is 0.370 e. The number of ether oxygens (including phenoxy) is 2. The first-order chi connectivity index (χ1) is 15.5. The number of piperazine rings is 1. The SMILES string of the molecule is CSN1CCN(C(=O)c2cnc3c(F)cc(F)cc3c2N2CCC3(CC2)OCCO3)CC1. The van der Waals surface area contributed by atoms with Crippen LogP contribution < -0.4 is 4.90 Å². The van der Waals surface area contributed by atoms with Crippen LogP contribution in [0.4, 0.5) is 14.5 Å². The highest BCUT2D eigenvalue weighted by molar-refractivity contribution is 7.96. The van der Waals surface area contributed by atoms with E-state index in [1.165, 1.54) is 12.3 Å². The summed E-state index contributed by atoms with van der Waals surface area (Å²) in [5.41, 5.74) is 0.988. The van der Waals surface area contributed by atoms with E-state index in [9.17, 15) is 13.6 Å². The van der Waals surface area contributed by atoms with Crippen LogP contribution >= 0.6 is 11.9 Å². The lowest BCUT2D eigenvalue weighted by atomic mass is 9.99. The highest BCUT2D eigenvalue weighted by Crippen LogP contribution is 2.38. The monoisotopic (exact) mass is 464 g/mol. The van der Waals surface area contributed by atoms with Gasteiger partial charge in [-0.05, 0) is 12.3 Å². The molecule has 3 fully saturated rings. The molecule has 3 aliphatic heterocycles. The number of carbonyl (C=O) groups excluding carboxylic acids is 1. The number of anilines is 1. The minimum Gasteiger partial charge on any atom is -0.370 e. The Morgan fingerprint density at radius 1 is 1.06 bits per heavy atom. The molecule has 1 amide bonds. The quantitative estimate of drug-likeness (QED) is 0.648. The Labute approximate surface area is 189 Å². The first-order valence-corrected chi connectivity index (χ1v) is 12.1. The topological polar surface area (TPSA) is 58.1 Å². The van der Waals surface area contributed by atoms with Gasteiger partial charge >= 0.3 is 0 Å². The molecule has 0 aliphatic carbocycles. The second-order valence-electron chi connectivity index (χ2n) is 8.30. The number of nitrogens with zero attached hydrogens (tertiary/aromatic N) is 4. The molecule has 3 saturated heterocycles. The van der Waals surface area contributed by atoms with E-state index in [1.807, 2.05) is 11.2 Å². The van der Waals surface area contributed by atoms with Gasteiger partial charge in [0.2, 0.25) is 0 Å². The van der Waals surface area contributed by atoms with Gasteiger partial charge in [0.15, 0.2) is 11.6 Å². The van der Waals surface area contributed by atoms with Gasteiger partial charge in [-0.25, -0.2) is 13.1 Å². The van der Waals surface area contributed by atoms with E-state index in [1.54, 1.807) is 16.8 Å². The van der Waals surface area contributed by atoms with Crippen molar-refractivity contribution < 1.29 is 23.0 Å². The Morgan fingerprint density at radius 2 is 1.75 bits per heavy atom. The van der Waals surface area contributed by atoms with Gasteiger partial charge in [0.1, 0.15) is 11.3 Å². The van der Waals surface area contributed by atoms with Crippen molar-refractivity contribution in [3.05, 3.63) is 35.5 Å². The molecular formula is C22H26F2N4O3S. The van der Waals surface area contributed by atoms with Crippen molar-refractivity contribution in [2.45, 2.75) is 18.6 Å². The van der Waals surface area contributed by atoms with Crippen molar-refractivity contribution in [3.8, 4) is 0 Å². The third kappa shape index (κ3) is 3.93. The summed E-state index contributed by atoms with van der Waals surface area (Å²) in [7, 11) is 0. The molecular weight excluding hydrogens is 438 g/mol. The smallest absolute Gasteiger partial charge is 0.257 e. The van der Waals surface area contributed by atoms with Gasteiger partial charge in [0, 0.05) is 69.8 Å². The van der Waals surface area contributed by atoms with Crippen LogP contribution in [0.5, 0.6) is 0 Å². The minimum absolute atomic E-state index is 0.0683. The van der Waals surface area contributed by atoms with Crippen LogP contribution in [0, 0.1) is 11.6 Å². The maximum absolute atomic E-state index is 14.5. The zero-order valence-electron chi connectivity index (χ0n) is 18.0. The lowest BCUT2D eigenvalue weighted by Crippen LogP contribution is -2.48. The third-order valence-electron chi connectivity index (χ3n) is 6.53. The fourth-order valence-corrected chi connectivity index (χ4v) is 5.34. The van der Waals surface area contributed by atoms with Crippen molar-refractivity contribution in [3.63, 3.8) is 0 Å². The molecule has 3 aliphatic rings. The van der Waals surface area contributed by atoms with E-state index in [4.69, 9.17) is 9.47 Å². The number of piperidine rings is 1. The van der Waals surface area contributed by atoms with Crippen molar-refractivity contribution in [1.29, 1.82) is 0 Å². The number of benzene rings is 1. The third-order valence-corrected chi connectivity index (χ3v) is 7.41. The van der Waals surface area contributed by atoms with Crippen LogP contribution in [0.15, 0.2) is 18.3 Å². The number of carbonyl (C=O) groups is 1. The van der Waals surface area contributed by atoms with Crippen LogP contribution in [-0.2, 0) is 9.47 Å². The van der Waals surface area contributed by atoms with E-state index in [2.05, 4.69) is 9.29 Å². The molecule has 1 aromatic heterocycles. The molecule has 0 N–H and O–H groups in total. The molecule has 0 radical (unpaired) electrons. The molecule has 0 atom stereocenters. The highest BCUT2D eigenvalue weighted by atomic mass is 32.2. The molecule has 1 aromatic carbocycles. The molecule has 0 bridgehead atoms. The van der Waals surface area contributed by atoms with Gasteiger partial charge in [-0.15, -0.1) is 0 Å². The molecule has 4 heterocycles. The summed E-state index contributed by atoms with van der Waals surface area (Å²) in [5, 5.41) is 0.320. The van der Waals surface area contributed by atoms with Gasteiger partial charge in [-0.1, -0.05) is 11.9 Å². The summed E-state index contributed by atoms with van der Waals surface area (Å²) >= 11 is 1.66. The fraction of sp³-hybridized carbons (Fsp3) is 0.545. The Hall–Kier alpha value is -2.01. The van der Waals surface area contributed by atoms with Crippen molar-refractivity contribution in [2.24, 2.45) is 0 Å². The molecule has 0 saturated carbocycles. The first-order valence-electron chi connectivity index (χ1n) is 10.9. The lowest BCUT2D eigenvalue weighted by molar-refractivity contribution is -0.169. The second kappa shape index (κ2) is 8.74. The summed E-state index contributed by atoms with van der Waals surface area (Å²) in [4.78, 5) is 21.5. The Morgan fingerprint density at radius 3 is 2.41 bits per heavy atom. The van der Waals surface area contributed by atoms with E-state index < -0.39 is 17.4 Å². The van der Waals surface area contributed by atoms with Gasteiger partial charge in [0.05, 0.1) is 24.5 Å². The normalized spacial score (nSPS) is 21.6. The van der Waals surface area contributed by atoms with Crippen LogP contribution in [0.1, 0.15) is 23.2 Å². The van der Waals surface area contributed by atoms with Crippen LogP contribution in [0.2, 0.25) is 0 Å². The molecule has 2 aromatic rings. The number of halogens is 2. The predicted octanol–water partition coefficient (Wildman–Crippen LogP) is 2.89. The fourth-order valence-electron chi connectivity index (χ4n) is 4.81. The van der Waals surface area contributed by atoms with Crippen LogP contribution in [-0.4, -0.2) is 84.6 Å². The Bertz CT molecular complexity index is 1020. The second-order valence-corrected chi connectivity index (χ2v) is 9.18. The predicted molar refractivity (Wildman–Crippen MR) is 119 cm³/mol.